The molecule has 0 saturated carbocycles. The van der Waals surface area contributed by atoms with Crippen molar-refractivity contribution in [2.24, 2.45) is 0 Å². The number of hydrogen-bond acceptors (Lipinski definition) is 4. The molecule has 1 aliphatic heterocycles. The topological polar surface area (TPSA) is 58.6 Å². The van der Waals surface area contributed by atoms with Crippen molar-refractivity contribution in [2.45, 2.75) is 57.1 Å². The highest BCUT2D eigenvalue weighted by Crippen LogP contribution is 2.27. The molecule has 6 heteroatoms. The number of amides is 2. The number of thioether (sulfide) groups is 1. The lowest BCUT2D eigenvalue weighted by atomic mass is 10.1. The molecule has 1 aromatic carbocycles. The normalized spacial score (nSPS) is 17.2. The number of nitrogens with one attached hydrogen (secondary N) is 1. The highest BCUT2D eigenvalue weighted by molar-refractivity contribution is 7.99. The van der Waals surface area contributed by atoms with Gasteiger partial charge in [-0.1, -0.05) is 12.1 Å². The van der Waals surface area contributed by atoms with Gasteiger partial charge < -0.3 is 15.0 Å². The molecule has 0 radical (unpaired) electrons. The van der Waals surface area contributed by atoms with E-state index >= 15 is 0 Å². The third-order valence-corrected chi connectivity index (χ3v) is 5.29. The highest BCUT2D eigenvalue weighted by atomic mass is 32.2. The molecule has 144 valence electrons. The third kappa shape index (κ3) is 6.32. The molecule has 2 amide bonds. The van der Waals surface area contributed by atoms with Crippen molar-refractivity contribution in [3.63, 3.8) is 0 Å². The Kier molecular flexibility index (Phi) is 7.53. The van der Waals surface area contributed by atoms with Crippen LogP contribution in [0.1, 0.15) is 50.9 Å². The van der Waals surface area contributed by atoms with Crippen LogP contribution in [0.2, 0.25) is 0 Å². The molecule has 1 aromatic rings. The highest BCUT2D eigenvalue weighted by Gasteiger charge is 2.23. The minimum atomic E-state index is -0.311. The van der Waals surface area contributed by atoms with Crippen molar-refractivity contribution in [1.29, 1.82) is 0 Å². The Morgan fingerprint density at radius 1 is 1.31 bits per heavy atom. The number of rotatable bonds is 7. The van der Waals surface area contributed by atoms with Gasteiger partial charge in [0.05, 0.1) is 18.2 Å². The van der Waals surface area contributed by atoms with Crippen molar-refractivity contribution >= 4 is 23.6 Å². The van der Waals surface area contributed by atoms with E-state index in [1.807, 2.05) is 52.0 Å². The summed E-state index contributed by atoms with van der Waals surface area (Å²) in [4.78, 5) is 27.8. The van der Waals surface area contributed by atoms with E-state index in [4.69, 9.17) is 4.74 Å². The molecule has 0 bridgehead atoms. The summed E-state index contributed by atoms with van der Waals surface area (Å²) in [6.45, 7) is 9.07. The maximum atomic E-state index is 13.0. The molecule has 26 heavy (non-hydrogen) atoms. The molecule has 1 atom stereocenters. The van der Waals surface area contributed by atoms with E-state index < -0.39 is 0 Å². The summed E-state index contributed by atoms with van der Waals surface area (Å²) in [5.74, 6) is 0.602. The lowest BCUT2D eigenvalue weighted by Crippen LogP contribution is -2.47. The van der Waals surface area contributed by atoms with Gasteiger partial charge in [-0.3, -0.25) is 9.59 Å². The van der Waals surface area contributed by atoms with Gasteiger partial charge in [0.2, 0.25) is 5.91 Å². The van der Waals surface area contributed by atoms with Crippen LogP contribution in [0.25, 0.3) is 0 Å². The zero-order valence-corrected chi connectivity index (χ0v) is 17.0. The van der Waals surface area contributed by atoms with Crippen molar-refractivity contribution in [3.8, 4) is 0 Å². The fourth-order valence-electron chi connectivity index (χ4n) is 2.86. The SMILES string of the molecule is CCN(CC(=O)NC(C)(C)C)C(=O)c1ccccc1SCC1CCCO1. The average Bonchev–Trinajstić information content (AvgIpc) is 3.09. The molecule has 1 fully saturated rings. The van der Waals surface area contributed by atoms with Crippen LogP contribution in [0.3, 0.4) is 0 Å². The third-order valence-electron chi connectivity index (χ3n) is 4.08. The maximum absolute atomic E-state index is 13.0. The van der Waals surface area contributed by atoms with Gasteiger partial charge in [0, 0.05) is 29.3 Å². The summed E-state index contributed by atoms with van der Waals surface area (Å²) in [5, 5.41) is 2.91. The molecule has 1 aliphatic rings. The second-order valence-corrected chi connectivity index (χ2v) is 8.62. The smallest absolute Gasteiger partial charge is 0.255 e. The van der Waals surface area contributed by atoms with Crippen LogP contribution in [-0.4, -0.2) is 53.8 Å². The van der Waals surface area contributed by atoms with Crippen LogP contribution in [0, 0.1) is 0 Å². The molecule has 5 nitrogen and oxygen atoms in total. The number of ether oxygens (including phenoxy) is 1. The standard InChI is InChI=1S/C20H30N2O3S/c1-5-22(13-18(23)21-20(2,3)4)19(24)16-10-6-7-11-17(16)26-14-15-9-8-12-25-15/h6-7,10-11,15H,5,8-9,12-14H2,1-4H3,(H,21,23). The Morgan fingerprint density at radius 2 is 2.04 bits per heavy atom. The molecule has 1 N–H and O–H groups in total. The van der Waals surface area contributed by atoms with Gasteiger partial charge in [-0.2, -0.15) is 0 Å². The van der Waals surface area contributed by atoms with E-state index in [1.165, 1.54) is 0 Å². The number of carbonyl (C=O) groups excluding carboxylic acids is 2. The van der Waals surface area contributed by atoms with E-state index in [-0.39, 0.29) is 30.0 Å². The Bertz CT molecular complexity index is 622. The zero-order valence-electron chi connectivity index (χ0n) is 16.2. The van der Waals surface area contributed by atoms with Crippen LogP contribution in [0.15, 0.2) is 29.2 Å². The van der Waals surface area contributed by atoms with Gasteiger partial charge in [0.15, 0.2) is 0 Å². The Labute approximate surface area is 160 Å². The van der Waals surface area contributed by atoms with E-state index in [0.717, 1.165) is 30.1 Å². The number of likely N-dealkylation sites (N-methyl/N-ethyl adjacent to an activating group) is 1. The van der Waals surface area contributed by atoms with Crippen LogP contribution in [-0.2, 0) is 9.53 Å². The van der Waals surface area contributed by atoms with E-state index in [0.29, 0.717) is 12.1 Å². The molecular formula is C20H30N2O3S. The molecule has 1 saturated heterocycles. The van der Waals surface area contributed by atoms with Crippen LogP contribution in [0.5, 0.6) is 0 Å². The second-order valence-electron chi connectivity index (χ2n) is 7.56. The lowest BCUT2D eigenvalue weighted by molar-refractivity contribution is -0.123. The summed E-state index contributed by atoms with van der Waals surface area (Å²) < 4.78 is 5.67. The summed E-state index contributed by atoms with van der Waals surface area (Å²) >= 11 is 1.66. The summed E-state index contributed by atoms with van der Waals surface area (Å²) in [7, 11) is 0. The zero-order chi connectivity index (χ0) is 19.2. The van der Waals surface area contributed by atoms with Gasteiger partial charge >= 0.3 is 0 Å². The summed E-state index contributed by atoms with van der Waals surface area (Å²) in [5.41, 5.74) is 0.343. The van der Waals surface area contributed by atoms with Gasteiger partial charge in [-0.15, -0.1) is 11.8 Å². The molecule has 0 aromatic heterocycles. The van der Waals surface area contributed by atoms with E-state index in [2.05, 4.69) is 5.32 Å². The van der Waals surface area contributed by atoms with E-state index in [9.17, 15) is 9.59 Å². The number of hydrogen-bond donors (Lipinski definition) is 1. The Morgan fingerprint density at radius 3 is 2.65 bits per heavy atom. The largest absolute Gasteiger partial charge is 0.377 e. The first-order valence-corrected chi connectivity index (χ1v) is 10.2. The lowest BCUT2D eigenvalue weighted by Gasteiger charge is -2.25. The molecular weight excluding hydrogens is 348 g/mol. The molecule has 0 spiro atoms. The molecule has 1 heterocycles. The van der Waals surface area contributed by atoms with Crippen LogP contribution < -0.4 is 5.32 Å². The average molecular weight is 379 g/mol. The van der Waals surface area contributed by atoms with Crippen molar-refractivity contribution in [3.05, 3.63) is 29.8 Å². The van der Waals surface area contributed by atoms with E-state index in [1.54, 1.807) is 16.7 Å². The first-order chi connectivity index (χ1) is 12.3. The van der Waals surface area contributed by atoms with Gasteiger partial charge in [0.25, 0.3) is 5.91 Å². The van der Waals surface area contributed by atoms with Gasteiger partial charge in [-0.05, 0) is 52.7 Å². The minimum Gasteiger partial charge on any atom is -0.377 e. The second kappa shape index (κ2) is 9.42. The quantitative estimate of drug-likeness (QED) is 0.740. The number of benzene rings is 1. The first-order valence-electron chi connectivity index (χ1n) is 9.24. The summed E-state index contributed by atoms with van der Waals surface area (Å²) in [6, 6.07) is 7.62. The maximum Gasteiger partial charge on any atom is 0.255 e. The van der Waals surface area contributed by atoms with Crippen LogP contribution >= 0.6 is 11.8 Å². The molecule has 2 rings (SSSR count). The van der Waals surface area contributed by atoms with Gasteiger partial charge in [-0.25, -0.2) is 0 Å². The summed E-state index contributed by atoms with van der Waals surface area (Å²) in [6.07, 6.45) is 2.46. The Balaban J connectivity index is 2.04. The first kappa shape index (κ1) is 20.8. The monoisotopic (exact) mass is 378 g/mol. The number of nitrogens with zero attached hydrogens (tertiary/aromatic N) is 1. The Hall–Kier alpha value is -1.53. The molecule has 0 aliphatic carbocycles. The van der Waals surface area contributed by atoms with Crippen molar-refractivity contribution in [2.75, 3.05) is 25.4 Å². The number of carbonyl (C=O) groups is 2. The molecule has 1 unspecified atom stereocenters. The predicted octanol–water partition coefficient (Wildman–Crippen LogP) is 3.33. The fourth-order valence-corrected chi connectivity index (χ4v) is 3.97. The predicted molar refractivity (Wildman–Crippen MR) is 106 cm³/mol. The minimum absolute atomic E-state index is 0.0668. The van der Waals surface area contributed by atoms with Gasteiger partial charge in [0.1, 0.15) is 0 Å². The van der Waals surface area contributed by atoms with Crippen LogP contribution in [0.4, 0.5) is 0 Å². The van der Waals surface area contributed by atoms with Crippen molar-refractivity contribution < 1.29 is 14.3 Å². The fraction of sp³-hybridized carbons (Fsp3) is 0.600. The van der Waals surface area contributed by atoms with Crippen molar-refractivity contribution in [1.82, 2.24) is 10.2 Å².